The van der Waals surface area contributed by atoms with E-state index in [4.69, 9.17) is 4.74 Å². The lowest BCUT2D eigenvalue weighted by molar-refractivity contribution is -0.160. The van der Waals surface area contributed by atoms with Crippen LogP contribution in [-0.2, 0) is 21.6 Å². The molecule has 1 aliphatic rings. The second-order valence-electron chi connectivity index (χ2n) is 5.44. The van der Waals surface area contributed by atoms with Crippen LogP contribution in [-0.4, -0.2) is 18.2 Å². The van der Waals surface area contributed by atoms with Gasteiger partial charge in [0.15, 0.2) is 0 Å². The highest BCUT2D eigenvalue weighted by Gasteiger charge is 2.49. The van der Waals surface area contributed by atoms with Gasteiger partial charge in [0.25, 0.3) is 0 Å². The van der Waals surface area contributed by atoms with Crippen molar-refractivity contribution >= 4 is 5.97 Å². The molecule has 1 aliphatic carbocycles. The number of hydrogen-bond donors (Lipinski definition) is 1. The molecule has 0 radical (unpaired) electrons. The quantitative estimate of drug-likeness (QED) is 0.855. The van der Waals surface area contributed by atoms with Crippen molar-refractivity contribution in [1.82, 2.24) is 0 Å². The molecule has 0 aromatic heterocycles. The van der Waals surface area contributed by atoms with E-state index < -0.39 is 17.5 Å². The van der Waals surface area contributed by atoms with Crippen molar-refractivity contribution in [3.05, 3.63) is 35.1 Å². The van der Waals surface area contributed by atoms with Gasteiger partial charge >= 0.3 is 5.97 Å². The van der Waals surface area contributed by atoms with Gasteiger partial charge in [0, 0.05) is 0 Å². The zero-order valence-electron chi connectivity index (χ0n) is 11.4. The Morgan fingerprint density at radius 1 is 1.47 bits per heavy atom. The van der Waals surface area contributed by atoms with Gasteiger partial charge in [-0.3, -0.25) is 4.79 Å². The summed E-state index contributed by atoms with van der Waals surface area (Å²) in [7, 11) is 1.31. The standard InChI is InChI=1S/C15H19FO3/c1-9(2)13(14(17)19-3)15(18)8-7-10-11(15)5-4-6-12(10)16/h4-6,9,13,18H,7-8H2,1-3H3. The summed E-state index contributed by atoms with van der Waals surface area (Å²) >= 11 is 0. The molecule has 3 nitrogen and oxygen atoms in total. The normalized spacial score (nSPS) is 23.3. The Morgan fingerprint density at radius 2 is 2.16 bits per heavy atom. The second kappa shape index (κ2) is 4.93. The van der Waals surface area contributed by atoms with Gasteiger partial charge in [0.1, 0.15) is 11.4 Å². The molecule has 1 N–H and O–H groups in total. The molecule has 1 aromatic rings. The van der Waals surface area contributed by atoms with Gasteiger partial charge in [-0.05, 0) is 36.0 Å². The third-order valence-electron chi connectivity index (χ3n) is 3.98. The fraction of sp³-hybridized carbons (Fsp3) is 0.533. The predicted octanol–water partition coefficient (Wildman–Crippen LogP) is 2.40. The topological polar surface area (TPSA) is 46.5 Å². The molecule has 4 heteroatoms. The lowest BCUT2D eigenvalue weighted by atomic mass is 9.76. The minimum atomic E-state index is -1.33. The zero-order chi connectivity index (χ0) is 14.2. The fourth-order valence-electron chi connectivity index (χ4n) is 3.14. The van der Waals surface area contributed by atoms with Gasteiger partial charge < -0.3 is 9.84 Å². The Hall–Kier alpha value is -1.42. The largest absolute Gasteiger partial charge is 0.469 e. The van der Waals surface area contributed by atoms with E-state index in [0.29, 0.717) is 24.0 Å². The molecule has 0 saturated carbocycles. The third-order valence-corrected chi connectivity index (χ3v) is 3.98. The van der Waals surface area contributed by atoms with E-state index >= 15 is 0 Å². The minimum absolute atomic E-state index is 0.0910. The van der Waals surface area contributed by atoms with Crippen LogP contribution in [0, 0.1) is 17.7 Å². The lowest BCUT2D eigenvalue weighted by Crippen LogP contribution is -2.42. The first-order valence-electron chi connectivity index (χ1n) is 6.50. The summed E-state index contributed by atoms with van der Waals surface area (Å²) in [5.74, 6) is -1.54. The minimum Gasteiger partial charge on any atom is -0.469 e. The van der Waals surface area contributed by atoms with E-state index in [-0.39, 0.29) is 11.7 Å². The maximum absolute atomic E-state index is 13.8. The highest BCUT2D eigenvalue weighted by Crippen LogP contribution is 2.46. The maximum Gasteiger partial charge on any atom is 0.312 e. The average Bonchev–Trinajstić information content (AvgIpc) is 2.69. The van der Waals surface area contributed by atoms with E-state index in [1.807, 2.05) is 13.8 Å². The number of methoxy groups -OCH3 is 1. The molecule has 0 heterocycles. The van der Waals surface area contributed by atoms with Crippen LogP contribution in [0.2, 0.25) is 0 Å². The number of fused-ring (bicyclic) bond motifs is 1. The number of rotatable bonds is 3. The molecule has 0 bridgehead atoms. The van der Waals surface area contributed by atoms with Crippen molar-refractivity contribution in [2.75, 3.05) is 7.11 Å². The van der Waals surface area contributed by atoms with Crippen molar-refractivity contribution in [1.29, 1.82) is 0 Å². The summed E-state index contributed by atoms with van der Waals surface area (Å²) in [6, 6.07) is 4.65. The number of ether oxygens (including phenoxy) is 1. The Morgan fingerprint density at radius 3 is 2.74 bits per heavy atom. The number of carbonyl (C=O) groups is 1. The first-order valence-corrected chi connectivity index (χ1v) is 6.50. The number of benzene rings is 1. The van der Waals surface area contributed by atoms with E-state index in [2.05, 4.69) is 0 Å². The first kappa shape index (κ1) is 14.0. The fourth-order valence-corrected chi connectivity index (χ4v) is 3.14. The van der Waals surface area contributed by atoms with Crippen molar-refractivity contribution in [2.45, 2.75) is 32.3 Å². The van der Waals surface area contributed by atoms with Crippen molar-refractivity contribution in [3.8, 4) is 0 Å². The van der Waals surface area contributed by atoms with E-state index in [1.54, 1.807) is 12.1 Å². The smallest absolute Gasteiger partial charge is 0.312 e. The molecule has 104 valence electrons. The van der Waals surface area contributed by atoms with Crippen LogP contribution in [0.4, 0.5) is 4.39 Å². The van der Waals surface area contributed by atoms with Crippen LogP contribution in [0.15, 0.2) is 18.2 Å². The van der Waals surface area contributed by atoms with Crippen LogP contribution in [0.25, 0.3) is 0 Å². The van der Waals surface area contributed by atoms with E-state index in [9.17, 15) is 14.3 Å². The summed E-state index contributed by atoms with van der Waals surface area (Å²) in [5, 5.41) is 10.9. The van der Waals surface area contributed by atoms with Crippen LogP contribution < -0.4 is 0 Å². The third kappa shape index (κ3) is 2.14. The average molecular weight is 266 g/mol. The Labute approximate surface area is 112 Å². The van der Waals surface area contributed by atoms with Gasteiger partial charge in [-0.2, -0.15) is 0 Å². The molecule has 0 amide bonds. The van der Waals surface area contributed by atoms with E-state index in [1.165, 1.54) is 13.2 Å². The van der Waals surface area contributed by atoms with Gasteiger partial charge in [-0.15, -0.1) is 0 Å². The van der Waals surface area contributed by atoms with E-state index in [0.717, 1.165) is 0 Å². The highest BCUT2D eigenvalue weighted by molar-refractivity contribution is 5.75. The van der Waals surface area contributed by atoms with Gasteiger partial charge in [0.05, 0.1) is 13.0 Å². The molecule has 2 rings (SSSR count). The second-order valence-corrected chi connectivity index (χ2v) is 5.44. The summed E-state index contributed by atoms with van der Waals surface area (Å²) < 4.78 is 18.6. The van der Waals surface area contributed by atoms with Crippen molar-refractivity contribution in [3.63, 3.8) is 0 Å². The molecule has 1 aromatic carbocycles. The monoisotopic (exact) mass is 266 g/mol. The predicted molar refractivity (Wildman–Crippen MR) is 69.0 cm³/mol. The van der Waals surface area contributed by atoms with Gasteiger partial charge in [-0.25, -0.2) is 4.39 Å². The number of esters is 1. The van der Waals surface area contributed by atoms with Crippen LogP contribution >= 0.6 is 0 Å². The highest BCUT2D eigenvalue weighted by atomic mass is 19.1. The number of carbonyl (C=O) groups excluding carboxylic acids is 1. The molecular formula is C15H19FO3. The van der Waals surface area contributed by atoms with Crippen LogP contribution in [0.5, 0.6) is 0 Å². The molecule has 0 fully saturated rings. The Kier molecular flexibility index (Phi) is 3.63. The lowest BCUT2D eigenvalue weighted by Gasteiger charge is -2.34. The van der Waals surface area contributed by atoms with Gasteiger partial charge in [-0.1, -0.05) is 26.0 Å². The number of aliphatic hydroxyl groups is 1. The molecule has 2 atom stereocenters. The molecule has 0 aliphatic heterocycles. The van der Waals surface area contributed by atoms with Crippen LogP contribution in [0.3, 0.4) is 0 Å². The summed E-state index contributed by atoms with van der Waals surface area (Å²) in [5.41, 5.74) is -0.297. The number of hydrogen-bond acceptors (Lipinski definition) is 3. The van der Waals surface area contributed by atoms with Crippen molar-refractivity contribution in [2.24, 2.45) is 11.8 Å². The van der Waals surface area contributed by atoms with Gasteiger partial charge in [0.2, 0.25) is 0 Å². The zero-order valence-corrected chi connectivity index (χ0v) is 11.4. The Bertz CT molecular complexity index is 498. The summed E-state index contributed by atoms with van der Waals surface area (Å²) in [4.78, 5) is 12.0. The SMILES string of the molecule is COC(=O)C(C(C)C)C1(O)CCc2c(F)cccc21. The molecule has 0 saturated heterocycles. The summed E-state index contributed by atoms with van der Waals surface area (Å²) in [6.45, 7) is 3.72. The van der Waals surface area contributed by atoms with Crippen LogP contribution in [0.1, 0.15) is 31.4 Å². The summed E-state index contributed by atoms with van der Waals surface area (Å²) in [6.07, 6.45) is 0.792. The molecule has 19 heavy (non-hydrogen) atoms. The first-order chi connectivity index (χ1) is 8.91. The van der Waals surface area contributed by atoms with Crippen molar-refractivity contribution < 1.29 is 19.0 Å². The molecule has 2 unspecified atom stereocenters. The maximum atomic E-state index is 13.8. The molecule has 0 spiro atoms. The Balaban J connectivity index is 2.51. The molecular weight excluding hydrogens is 247 g/mol. The number of halogens is 1.